The van der Waals surface area contributed by atoms with E-state index in [0.717, 1.165) is 11.3 Å². The Bertz CT molecular complexity index is 1420. The van der Waals surface area contributed by atoms with Crippen molar-refractivity contribution in [2.24, 2.45) is 0 Å². The van der Waals surface area contributed by atoms with E-state index < -0.39 is 11.4 Å². The van der Waals surface area contributed by atoms with Crippen molar-refractivity contribution in [3.63, 3.8) is 0 Å². The highest BCUT2D eigenvalue weighted by Crippen LogP contribution is 2.31. The van der Waals surface area contributed by atoms with E-state index in [2.05, 4.69) is 20.3 Å². The largest absolute Gasteiger partial charge is 0.588 e. The molecule has 1 aromatic heterocycles. The molecule has 0 bridgehead atoms. The highest BCUT2D eigenvalue weighted by molar-refractivity contribution is 7.92. The van der Waals surface area contributed by atoms with Crippen molar-refractivity contribution in [2.75, 3.05) is 44.5 Å². The lowest BCUT2D eigenvalue weighted by Crippen LogP contribution is -2.28. The van der Waals surface area contributed by atoms with Crippen molar-refractivity contribution >= 4 is 28.6 Å². The number of carbonyl (C=O) groups excluding carboxylic acids is 1. The molecule has 0 saturated carbocycles. The Morgan fingerprint density at radius 1 is 0.846 bits per heavy atom. The number of hydrogen-bond donors (Lipinski definition) is 3. The molecule has 202 valence electrons. The monoisotopic (exact) mass is 546 g/mol. The fourth-order valence-corrected chi connectivity index (χ4v) is 4.79. The zero-order chi connectivity index (χ0) is 27.6. The number of ether oxygens (including phenoxy) is 3. The van der Waals surface area contributed by atoms with Crippen molar-refractivity contribution < 1.29 is 23.6 Å². The first-order valence-corrected chi connectivity index (χ1v) is 13.3. The van der Waals surface area contributed by atoms with Crippen LogP contribution in [0.25, 0.3) is 11.3 Å². The van der Waals surface area contributed by atoms with Gasteiger partial charge in [-0.25, -0.2) is 9.71 Å². The van der Waals surface area contributed by atoms with Gasteiger partial charge in [-0.05, 0) is 54.6 Å². The van der Waals surface area contributed by atoms with Crippen LogP contribution in [-0.2, 0) is 11.4 Å². The number of hydrogen-bond acceptors (Lipinski definition) is 8. The fourth-order valence-electron chi connectivity index (χ4n) is 3.77. The molecule has 4 aromatic rings. The molecule has 0 aliphatic carbocycles. The number of benzene rings is 3. The van der Waals surface area contributed by atoms with Gasteiger partial charge in [0.15, 0.2) is 5.75 Å². The number of amides is 1. The highest BCUT2D eigenvalue weighted by Gasteiger charge is 2.20. The summed E-state index contributed by atoms with van der Waals surface area (Å²) in [5.41, 5.74) is 3.48. The Morgan fingerprint density at radius 3 is 2.44 bits per heavy atom. The molecule has 1 unspecified atom stereocenters. The molecule has 1 amide bonds. The Labute approximate surface area is 230 Å². The molecule has 1 heterocycles. The number of nitrogens with zero attached hydrogens (tertiary/aromatic N) is 1. The molecule has 0 radical (unpaired) electrons. The van der Waals surface area contributed by atoms with E-state index in [1.54, 1.807) is 56.7 Å². The minimum Gasteiger partial charge on any atom is -0.588 e. The van der Waals surface area contributed by atoms with Crippen molar-refractivity contribution in [2.45, 2.75) is 4.90 Å². The van der Waals surface area contributed by atoms with Gasteiger partial charge >= 0.3 is 0 Å². The Morgan fingerprint density at radius 2 is 1.64 bits per heavy atom. The second kappa shape index (κ2) is 13.4. The molecule has 39 heavy (non-hydrogen) atoms. The van der Waals surface area contributed by atoms with Gasteiger partial charge in [0, 0.05) is 42.0 Å². The van der Waals surface area contributed by atoms with Gasteiger partial charge in [-0.2, -0.15) is 0 Å². The molecule has 3 aromatic carbocycles. The maximum absolute atomic E-state index is 13.3. The SMILES string of the molecule is COc1cccc(C(=O)NCCNc2cccc(N[S+]([O-])c3cc(-c4cccc(OC)n4)ccc3OC)c2)c1. The topological polar surface area (TPSA) is 117 Å². The first-order valence-electron chi connectivity index (χ1n) is 12.1. The van der Waals surface area contributed by atoms with E-state index >= 15 is 0 Å². The summed E-state index contributed by atoms with van der Waals surface area (Å²) in [6, 6.07) is 25.3. The van der Waals surface area contributed by atoms with Gasteiger partial charge in [-0.1, -0.05) is 18.2 Å². The summed E-state index contributed by atoms with van der Waals surface area (Å²) in [7, 11) is 4.66. The number of rotatable bonds is 12. The minimum absolute atomic E-state index is 0.179. The van der Waals surface area contributed by atoms with E-state index in [1.165, 1.54) is 7.11 Å². The summed E-state index contributed by atoms with van der Waals surface area (Å²) < 4.78 is 32.2. The van der Waals surface area contributed by atoms with Crippen LogP contribution >= 0.6 is 0 Å². The maximum Gasteiger partial charge on any atom is 0.251 e. The van der Waals surface area contributed by atoms with E-state index in [9.17, 15) is 9.35 Å². The van der Waals surface area contributed by atoms with Gasteiger partial charge in [0.25, 0.3) is 5.91 Å². The molecule has 10 heteroatoms. The van der Waals surface area contributed by atoms with E-state index in [0.29, 0.717) is 52.3 Å². The van der Waals surface area contributed by atoms with Gasteiger partial charge in [0.2, 0.25) is 10.8 Å². The fraction of sp³-hybridized carbons (Fsp3) is 0.172. The van der Waals surface area contributed by atoms with Crippen LogP contribution in [0.2, 0.25) is 0 Å². The second-order valence-corrected chi connectivity index (χ2v) is 9.48. The third-order valence-corrected chi connectivity index (χ3v) is 6.88. The molecule has 4 rings (SSSR count). The lowest BCUT2D eigenvalue weighted by Gasteiger charge is -2.16. The summed E-state index contributed by atoms with van der Waals surface area (Å²) in [5.74, 6) is 1.44. The molecule has 0 saturated heterocycles. The molecule has 0 fully saturated rings. The number of carbonyl (C=O) groups is 1. The number of pyridine rings is 1. The molecule has 0 aliphatic rings. The number of methoxy groups -OCH3 is 3. The predicted molar refractivity (Wildman–Crippen MR) is 153 cm³/mol. The standard InChI is InChI=1S/C29H30N4O5S/c1-36-24-10-4-7-21(17-24)29(34)31-16-15-30-22-8-5-9-23(19-22)33-39(35)27-18-20(13-14-26(27)37-2)25-11-6-12-28(32-25)38-3/h4-14,17-19,30,33H,15-16H2,1-3H3,(H,31,34). The van der Waals surface area contributed by atoms with Crippen LogP contribution in [-0.4, -0.2) is 49.9 Å². The molecule has 0 aliphatic heterocycles. The van der Waals surface area contributed by atoms with Gasteiger partial charge < -0.3 is 29.4 Å². The summed E-state index contributed by atoms with van der Waals surface area (Å²) >= 11 is -1.61. The van der Waals surface area contributed by atoms with Gasteiger partial charge in [-0.3, -0.25) is 4.79 Å². The zero-order valence-electron chi connectivity index (χ0n) is 21.9. The quantitative estimate of drug-likeness (QED) is 0.172. The molecule has 0 spiro atoms. The molecule has 3 N–H and O–H groups in total. The summed E-state index contributed by atoms with van der Waals surface area (Å²) in [4.78, 5) is 17.3. The highest BCUT2D eigenvalue weighted by atomic mass is 32.2. The average Bonchev–Trinajstić information content (AvgIpc) is 2.99. The van der Waals surface area contributed by atoms with E-state index in [1.807, 2.05) is 42.5 Å². The molecular formula is C29H30N4O5S. The number of anilines is 2. The smallest absolute Gasteiger partial charge is 0.251 e. The van der Waals surface area contributed by atoms with Crippen molar-refractivity contribution in [1.82, 2.24) is 10.3 Å². The summed E-state index contributed by atoms with van der Waals surface area (Å²) in [6.45, 7) is 0.924. The van der Waals surface area contributed by atoms with Crippen molar-refractivity contribution in [3.05, 3.63) is 90.5 Å². The van der Waals surface area contributed by atoms with Crippen LogP contribution in [0, 0.1) is 0 Å². The van der Waals surface area contributed by atoms with Crippen LogP contribution in [0.1, 0.15) is 10.4 Å². The lowest BCUT2D eigenvalue weighted by molar-refractivity contribution is 0.0955. The first kappa shape index (κ1) is 27.6. The van der Waals surface area contributed by atoms with Crippen molar-refractivity contribution in [3.8, 4) is 28.6 Å². The van der Waals surface area contributed by atoms with E-state index in [-0.39, 0.29) is 5.91 Å². The van der Waals surface area contributed by atoms with Crippen LogP contribution in [0.15, 0.2) is 89.8 Å². The van der Waals surface area contributed by atoms with Crippen LogP contribution in [0.3, 0.4) is 0 Å². The van der Waals surface area contributed by atoms with E-state index in [4.69, 9.17) is 14.2 Å². The lowest BCUT2D eigenvalue weighted by atomic mass is 10.1. The maximum atomic E-state index is 13.3. The number of aromatic nitrogens is 1. The molecule has 9 nitrogen and oxygen atoms in total. The third kappa shape index (κ3) is 7.34. The second-order valence-electron chi connectivity index (χ2n) is 8.30. The molecule has 1 atom stereocenters. The van der Waals surface area contributed by atoms with Crippen molar-refractivity contribution in [1.29, 1.82) is 0 Å². The normalized spacial score (nSPS) is 11.3. The Kier molecular flexibility index (Phi) is 9.49. The summed E-state index contributed by atoms with van der Waals surface area (Å²) in [5, 5.41) is 6.15. The van der Waals surface area contributed by atoms with Crippen LogP contribution in [0.4, 0.5) is 11.4 Å². The third-order valence-electron chi connectivity index (χ3n) is 5.74. The average molecular weight is 547 g/mol. The van der Waals surface area contributed by atoms with Crippen LogP contribution < -0.4 is 29.6 Å². The van der Waals surface area contributed by atoms with Gasteiger partial charge in [0.05, 0.1) is 32.7 Å². The summed E-state index contributed by atoms with van der Waals surface area (Å²) in [6.07, 6.45) is 0. The molecular weight excluding hydrogens is 516 g/mol. The zero-order valence-corrected chi connectivity index (χ0v) is 22.7. The number of nitrogens with one attached hydrogen (secondary N) is 3. The Balaban J connectivity index is 1.37. The Hall–Kier alpha value is -4.41. The van der Waals surface area contributed by atoms with Gasteiger partial charge in [-0.15, -0.1) is 0 Å². The first-order chi connectivity index (χ1) is 19.0. The predicted octanol–water partition coefficient (Wildman–Crippen LogP) is 4.75. The van der Waals surface area contributed by atoms with Gasteiger partial charge in [0.1, 0.15) is 17.1 Å². The van der Waals surface area contributed by atoms with Crippen LogP contribution in [0.5, 0.6) is 17.4 Å². The minimum atomic E-state index is -1.61.